The molecule has 1 amide bonds. The van der Waals surface area contributed by atoms with Crippen LogP contribution in [0.4, 0.5) is 0 Å². The fraction of sp³-hybridized carbons (Fsp3) is 0.400. The van der Waals surface area contributed by atoms with Crippen molar-refractivity contribution in [3.63, 3.8) is 0 Å². The lowest BCUT2D eigenvalue weighted by Crippen LogP contribution is -2.37. The van der Waals surface area contributed by atoms with E-state index in [1.807, 2.05) is 0 Å². The van der Waals surface area contributed by atoms with Crippen LogP contribution in [0.5, 0.6) is 0 Å². The number of hydrogen-bond acceptors (Lipinski definition) is 3. The van der Waals surface area contributed by atoms with Gasteiger partial charge in [-0.3, -0.25) is 4.79 Å². The topological polar surface area (TPSA) is 96.3 Å². The van der Waals surface area contributed by atoms with E-state index in [4.69, 9.17) is 5.73 Å². The van der Waals surface area contributed by atoms with Gasteiger partial charge in [0.15, 0.2) is 0 Å². The van der Waals surface area contributed by atoms with Crippen LogP contribution in [0.1, 0.15) is 30.1 Å². The number of nitrogens with two attached hydrogens (primary N) is 1. The first-order chi connectivity index (χ1) is 10.4. The predicted molar refractivity (Wildman–Crippen MR) is 84.0 cm³/mol. The second-order valence-electron chi connectivity index (χ2n) is 5.86. The maximum atomic E-state index is 12.7. The Hall–Kier alpha value is -1.86. The van der Waals surface area contributed by atoms with E-state index in [9.17, 15) is 13.2 Å². The van der Waals surface area contributed by atoms with Crippen LogP contribution in [0, 0.1) is 5.92 Å². The number of sulfonamides is 1. The lowest BCUT2D eigenvalue weighted by Gasteiger charge is -2.29. The number of hydrogen-bond donors (Lipinski definition) is 2. The number of fused-ring (bicyclic) bond motifs is 1. The Labute approximate surface area is 129 Å². The van der Waals surface area contributed by atoms with Gasteiger partial charge in [0.25, 0.3) is 5.91 Å². The van der Waals surface area contributed by atoms with Crippen molar-refractivity contribution in [2.24, 2.45) is 11.7 Å². The summed E-state index contributed by atoms with van der Waals surface area (Å²) >= 11 is 0. The number of amides is 1. The molecule has 7 heteroatoms. The number of aromatic amines is 1. The number of benzene rings is 1. The van der Waals surface area contributed by atoms with E-state index in [0.29, 0.717) is 35.5 Å². The van der Waals surface area contributed by atoms with E-state index in [1.165, 1.54) is 16.6 Å². The summed E-state index contributed by atoms with van der Waals surface area (Å²) in [4.78, 5) is 14.5. The highest BCUT2D eigenvalue weighted by Gasteiger charge is 2.28. The largest absolute Gasteiger partial charge is 0.366 e. The molecule has 1 aliphatic rings. The summed E-state index contributed by atoms with van der Waals surface area (Å²) in [6, 6.07) is 4.76. The minimum Gasteiger partial charge on any atom is -0.366 e. The third-order valence-corrected chi connectivity index (χ3v) is 6.19. The minimum atomic E-state index is -3.53. The highest BCUT2D eigenvalue weighted by molar-refractivity contribution is 7.89. The second kappa shape index (κ2) is 5.40. The van der Waals surface area contributed by atoms with Gasteiger partial charge in [0.1, 0.15) is 0 Å². The van der Waals surface area contributed by atoms with Crippen molar-refractivity contribution >= 4 is 26.8 Å². The van der Waals surface area contributed by atoms with Crippen molar-refractivity contribution < 1.29 is 13.2 Å². The highest BCUT2D eigenvalue weighted by atomic mass is 32.2. The Morgan fingerprint density at radius 1 is 1.32 bits per heavy atom. The van der Waals surface area contributed by atoms with Gasteiger partial charge in [-0.05, 0) is 37.0 Å². The minimum absolute atomic E-state index is 0.205. The Kier molecular flexibility index (Phi) is 3.70. The molecule has 1 fully saturated rings. The molecule has 2 heterocycles. The molecule has 3 rings (SSSR count). The first-order valence-electron chi connectivity index (χ1n) is 7.30. The van der Waals surface area contributed by atoms with E-state index in [-0.39, 0.29) is 4.90 Å². The van der Waals surface area contributed by atoms with Gasteiger partial charge in [0, 0.05) is 30.2 Å². The molecule has 1 aliphatic heterocycles. The van der Waals surface area contributed by atoms with E-state index in [0.717, 1.165) is 12.8 Å². The zero-order chi connectivity index (χ0) is 15.9. The summed E-state index contributed by atoms with van der Waals surface area (Å²) in [5.41, 5.74) is 6.32. The molecule has 0 radical (unpaired) electrons. The maximum absolute atomic E-state index is 12.7. The average Bonchev–Trinajstić information content (AvgIpc) is 2.90. The molecule has 2 aromatic rings. The van der Waals surface area contributed by atoms with Crippen molar-refractivity contribution in [2.75, 3.05) is 13.1 Å². The first kappa shape index (κ1) is 15.1. The van der Waals surface area contributed by atoms with E-state index >= 15 is 0 Å². The first-order valence-corrected chi connectivity index (χ1v) is 8.74. The molecule has 22 heavy (non-hydrogen) atoms. The Morgan fingerprint density at radius 3 is 2.64 bits per heavy atom. The van der Waals surface area contributed by atoms with Gasteiger partial charge in [0.05, 0.1) is 10.5 Å². The molecule has 0 aliphatic carbocycles. The highest BCUT2D eigenvalue weighted by Crippen LogP contribution is 2.27. The molecule has 0 spiro atoms. The van der Waals surface area contributed by atoms with E-state index in [1.54, 1.807) is 12.1 Å². The van der Waals surface area contributed by atoms with E-state index < -0.39 is 15.9 Å². The van der Waals surface area contributed by atoms with Crippen LogP contribution in [-0.4, -0.2) is 36.7 Å². The van der Waals surface area contributed by atoms with Crippen LogP contribution >= 0.6 is 0 Å². The third-order valence-electron chi connectivity index (χ3n) is 4.30. The van der Waals surface area contributed by atoms with Crippen molar-refractivity contribution in [1.29, 1.82) is 0 Å². The zero-order valence-corrected chi connectivity index (χ0v) is 13.2. The van der Waals surface area contributed by atoms with Crippen LogP contribution < -0.4 is 5.73 Å². The monoisotopic (exact) mass is 321 g/mol. The van der Waals surface area contributed by atoms with Gasteiger partial charge in [-0.1, -0.05) is 6.92 Å². The van der Waals surface area contributed by atoms with Crippen molar-refractivity contribution in [2.45, 2.75) is 24.7 Å². The molecule has 1 aromatic heterocycles. The average molecular weight is 321 g/mol. The molecule has 0 unspecified atom stereocenters. The smallest absolute Gasteiger partial charge is 0.250 e. The quantitative estimate of drug-likeness (QED) is 0.900. The molecule has 6 nitrogen and oxygen atoms in total. The summed E-state index contributed by atoms with van der Waals surface area (Å²) in [6.45, 7) is 3.21. The SMILES string of the molecule is CC1CCN(S(=O)(=O)c2ccc3[nH]cc(C(N)=O)c3c2)CC1. The van der Waals surface area contributed by atoms with Gasteiger partial charge in [-0.2, -0.15) is 4.31 Å². The van der Waals surface area contributed by atoms with Crippen LogP contribution in [0.2, 0.25) is 0 Å². The Morgan fingerprint density at radius 2 is 2.00 bits per heavy atom. The molecule has 0 bridgehead atoms. The number of carbonyl (C=O) groups excluding carboxylic acids is 1. The van der Waals surface area contributed by atoms with Gasteiger partial charge in [-0.15, -0.1) is 0 Å². The lowest BCUT2D eigenvalue weighted by molar-refractivity contribution is 0.100. The second-order valence-corrected chi connectivity index (χ2v) is 7.80. The number of H-pyrrole nitrogens is 1. The maximum Gasteiger partial charge on any atom is 0.250 e. The molecule has 118 valence electrons. The van der Waals surface area contributed by atoms with Gasteiger partial charge in [0.2, 0.25) is 10.0 Å². The van der Waals surface area contributed by atoms with Gasteiger partial charge >= 0.3 is 0 Å². The number of primary amides is 1. The molecular formula is C15H19N3O3S. The molecule has 0 atom stereocenters. The number of nitrogens with zero attached hydrogens (tertiary/aromatic N) is 1. The van der Waals surface area contributed by atoms with E-state index in [2.05, 4.69) is 11.9 Å². The predicted octanol–water partition coefficient (Wildman–Crippen LogP) is 1.69. The standard InChI is InChI=1S/C15H19N3O3S/c1-10-4-6-18(7-5-10)22(20,21)11-2-3-14-12(8-11)13(9-17-14)15(16)19/h2-3,8-10,17H,4-7H2,1H3,(H2,16,19). The number of aromatic nitrogens is 1. The third kappa shape index (κ3) is 2.50. The molecule has 1 aromatic carbocycles. The van der Waals surface area contributed by atoms with Gasteiger partial charge < -0.3 is 10.7 Å². The normalized spacial score (nSPS) is 17.9. The van der Waals surface area contributed by atoms with Crippen molar-refractivity contribution in [3.8, 4) is 0 Å². The van der Waals surface area contributed by atoms with Crippen molar-refractivity contribution in [1.82, 2.24) is 9.29 Å². The van der Waals surface area contributed by atoms with Crippen LogP contribution in [-0.2, 0) is 10.0 Å². The summed E-state index contributed by atoms with van der Waals surface area (Å²) < 4.78 is 27.0. The molecule has 1 saturated heterocycles. The van der Waals surface area contributed by atoms with Crippen LogP contribution in [0.3, 0.4) is 0 Å². The lowest BCUT2D eigenvalue weighted by atomic mass is 10.0. The number of carbonyl (C=O) groups is 1. The van der Waals surface area contributed by atoms with Gasteiger partial charge in [-0.25, -0.2) is 8.42 Å². The summed E-state index contributed by atoms with van der Waals surface area (Å²) in [5.74, 6) is -0.0207. The summed E-state index contributed by atoms with van der Waals surface area (Å²) in [7, 11) is -3.53. The fourth-order valence-electron chi connectivity index (χ4n) is 2.84. The Bertz CT molecular complexity index is 818. The number of nitrogens with one attached hydrogen (secondary N) is 1. The zero-order valence-electron chi connectivity index (χ0n) is 12.4. The molecule has 3 N–H and O–H groups in total. The molecule has 0 saturated carbocycles. The summed E-state index contributed by atoms with van der Waals surface area (Å²) in [5, 5.41) is 0.541. The number of piperidine rings is 1. The van der Waals surface area contributed by atoms with Crippen LogP contribution in [0.15, 0.2) is 29.3 Å². The Balaban J connectivity index is 2.01. The number of rotatable bonds is 3. The summed E-state index contributed by atoms with van der Waals surface area (Å²) in [6.07, 6.45) is 3.25. The fourth-order valence-corrected chi connectivity index (χ4v) is 4.33. The molecular weight excluding hydrogens is 302 g/mol. The van der Waals surface area contributed by atoms with Crippen LogP contribution in [0.25, 0.3) is 10.9 Å². The van der Waals surface area contributed by atoms with Crippen molar-refractivity contribution in [3.05, 3.63) is 30.0 Å².